The summed E-state index contributed by atoms with van der Waals surface area (Å²) in [4.78, 5) is 4.40. The Morgan fingerprint density at radius 1 is 1.32 bits per heavy atom. The van der Waals surface area contributed by atoms with Gasteiger partial charge in [-0.05, 0) is 31.2 Å². The molecule has 0 saturated heterocycles. The van der Waals surface area contributed by atoms with Gasteiger partial charge in [-0.25, -0.2) is 4.98 Å². The Kier molecular flexibility index (Phi) is 4.58. The highest BCUT2D eigenvalue weighted by atomic mass is 16.5. The summed E-state index contributed by atoms with van der Waals surface area (Å²) in [5.41, 5.74) is 2.21. The van der Waals surface area contributed by atoms with Gasteiger partial charge in [-0.1, -0.05) is 19.1 Å². The smallest absolute Gasteiger partial charge is 0.119 e. The van der Waals surface area contributed by atoms with E-state index in [1.165, 1.54) is 5.56 Å². The van der Waals surface area contributed by atoms with E-state index in [0.29, 0.717) is 0 Å². The maximum absolute atomic E-state index is 5.59. The van der Waals surface area contributed by atoms with Gasteiger partial charge >= 0.3 is 0 Å². The third kappa shape index (κ3) is 3.35. The number of aryl methyl sites for hydroxylation is 1. The van der Waals surface area contributed by atoms with Crippen LogP contribution in [0.3, 0.4) is 0 Å². The Bertz CT molecular complexity index is 504. The van der Waals surface area contributed by atoms with Crippen molar-refractivity contribution < 1.29 is 4.74 Å². The average Bonchev–Trinajstić information content (AvgIpc) is 2.85. The summed E-state index contributed by atoms with van der Waals surface area (Å²) in [6.45, 7) is 2.86. The van der Waals surface area contributed by atoms with Gasteiger partial charge in [-0.3, -0.25) is 0 Å². The molecule has 0 aliphatic heterocycles. The van der Waals surface area contributed by atoms with Gasteiger partial charge < -0.3 is 14.6 Å². The zero-order chi connectivity index (χ0) is 13.7. The molecule has 0 spiro atoms. The molecule has 0 aliphatic carbocycles. The first-order valence-electron chi connectivity index (χ1n) is 6.62. The number of benzene rings is 1. The minimum absolute atomic E-state index is 0.112. The molecular formula is C15H21N3O. The molecule has 1 aromatic heterocycles. The molecule has 0 aliphatic rings. The standard InChI is InChI=1S/C15H21N3O/c1-4-9-19-13-7-5-12(6-8-13)15(16-2)14-10-18(3)11-17-14/h5-8,10-11,15-16H,4,9H2,1-3H3. The van der Waals surface area contributed by atoms with E-state index in [-0.39, 0.29) is 6.04 Å². The molecule has 0 amide bonds. The van der Waals surface area contributed by atoms with E-state index in [0.717, 1.165) is 24.5 Å². The van der Waals surface area contributed by atoms with Crippen LogP contribution in [-0.4, -0.2) is 23.2 Å². The van der Waals surface area contributed by atoms with Crippen molar-refractivity contribution in [1.29, 1.82) is 0 Å². The minimum Gasteiger partial charge on any atom is -0.494 e. The van der Waals surface area contributed by atoms with Crippen LogP contribution < -0.4 is 10.1 Å². The first-order valence-corrected chi connectivity index (χ1v) is 6.62. The van der Waals surface area contributed by atoms with Gasteiger partial charge in [0.25, 0.3) is 0 Å². The van der Waals surface area contributed by atoms with Crippen molar-refractivity contribution >= 4 is 0 Å². The van der Waals surface area contributed by atoms with Crippen LogP contribution in [0, 0.1) is 0 Å². The van der Waals surface area contributed by atoms with Gasteiger partial charge in [0.05, 0.1) is 24.7 Å². The van der Waals surface area contributed by atoms with Crippen LogP contribution in [0.4, 0.5) is 0 Å². The average molecular weight is 259 g/mol. The Morgan fingerprint density at radius 3 is 2.58 bits per heavy atom. The van der Waals surface area contributed by atoms with Gasteiger partial charge in [-0.15, -0.1) is 0 Å². The molecule has 4 nitrogen and oxygen atoms in total. The lowest BCUT2D eigenvalue weighted by atomic mass is 10.0. The third-order valence-electron chi connectivity index (χ3n) is 3.00. The van der Waals surface area contributed by atoms with E-state index in [9.17, 15) is 0 Å². The van der Waals surface area contributed by atoms with E-state index >= 15 is 0 Å². The van der Waals surface area contributed by atoms with Gasteiger partial charge in [0, 0.05) is 13.2 Å². The number of nitrogens with zero attached hydrogens (tertiary/aromatic N) is 2. The SMILES string of the molecule is CCCOc1ccc(C(NC)c2cn(C)cn2)cc1. The lowest BCUT2D eigenvalue weighted by Gasteiger charge is -2.15. The van der Waals surface area contributed by atoms with Crippen LogP contribution in [0.1, 0.15) is 30.6 Å². The largest absolute Gasteiger partial charge is 0.494 e. The molecule has 1 aromatic carbocycles. The molecular weight excluding hydrogens is 238 g/mol. The Hall–Kier alpha value is -1.81. The summed E-state index contributed by atoms with van der Waals surface area (Å²) in [7, 11) is 3.92. The minimum atomic E-state index is 0.112. The van der Waals surface area contributed by atoms with E-state index in [4.69, 9.17) is 4.74 Å². The second-order valence-electron chi connectivity index (χ2n) is 4.60. The van der Waals surface area contributed by atoms with E-state index in [2.05, 4.69) is 29.4 Å². The van der Waals surface area contributed by atoms with E-state index in [1.54, 1.807) is 0 Å². The molecule has 102 valence electrons. The molecule has 4 heteroatoms. The predicted molar refractivity (Wildman–Crippen MR) is 76.3 cm³/mol. The van der Waals surface area contributed by atoms with Crippen molar-refractivity contribution in [3.63, 3.8) is 0 Å². The van der Waals surface area contributed by atoms with Crippen LogP contribution >= 0.6 is 0 Å². The van der Waals surface area contributed by atoms with Crippen LogP contribution in [0.5, 0.6) is 5.75 Å². The Balaban J connectivity index is 2.15. The molecule has 1 N–H and O–H groups in total. The highest BCUT2D eigenvalue weighted by Crippen LogP contribution is 2.22. The van der Waals surface area contributed by atoms with Crippen LogP contribution in [-0.2, 0) is 7.05 Å². The summed E-state index contributed by atoms with van der Waals surface area (Å²) < 4.78 is 7.55. The van der Waals surface area contributed by atoms with Crippen LogP contribution in [0.2, 0.25) is 0 Å². The molecule has 0 fully saturated rings. The van der Waals surface area contributed by atoms with Gasteiger partial charge in [0.15, 0.2) is 0 Å². The van der Waals surface area contributed by atoms with E-state index in [1.807, 2.05) is 43.3 Å². The summed E-state index contributed by atoms with van der Waals surface area (Å²) in [5.74, 6) is 0.918. The zero-order valence-corrected chi connectivity index (χ0v) is 11.8. The molecule has 0 radical (unpaired) electrons. The van der Waals surface area contributed by atoms with Crippen molar-refractivity contribution in [2.24, 2.45) is 7.05 Å². The monoisotopic (exact) mass is 259 g/mol. The predicted octanol–water partition coefficient (Wildman–Crippen LogP) is 2.52. The topological polar surface area (TPSA) is 39.1 Å². The van der Waals surface area contributed by atoms with Crippen molar-refractivity contribution in [3.8, 4) is 5.75 Å². The number of hydrogen-bond donors (Lipinski definition) is 1. The molecule has 1 atom stereocenters. The number of nitrogens with one attached hydrogen (secondary N) is 1. The first-order chi connectivity index (χ1) is 9.24. The fourth-order valence-electron chi connectivity index (χ4n) is 2.04. The maximum Gasteiger partial charge on any atom is 0.119 e. The Labute approximate surface area is 114 Å². The molecule has 1 unspecified atom stereocenters. The lowest BCUT2D eigenvalue weighted by molar-refractivity contribution is 0.317. The van der Waals surface area contributed by atoms with E-state index < -0.39 is 0 Å². The summed E-state index contributed by atoms with van der Waals surface area (Å²) in [6, 6.07) is 8.31. The second kappa shape index (κ2) is 6.38. The normalized spacial score (nSPS) is 12.4. The number of rotatable bonds is 6. The molecule has 2 rings (SSSR count). The van der Waals surface area contributed by atoms with Crippen molar-refractivity contribution in [2.45, 2.75) is 19.4 Å². The molecule has 19 heavy (non-hydrogen) atoms. The van der Waals surface area contributed by atoms with Crippen LogP contribution in [0.25, 0.3) is 0 Å². The molecule has 0 saturated carbocycles. The third-order valence-corrected chi connectivity index (χ3v) is 3.00. The fraction of sp³-hybridized carbons (Fsp3) is 0.400. The van der Waals surface area contributed by atoms with Crippen LogP contribution in [0.15, 0.2) is 36.8 Å². The summed E-state index contributed by atoms with van der Waals surface area (Å²) >= 11 is 0. The van der Waals surface area contributed by atoms with Gasteiger partial charge in [0.1, 0.15) is 5.75 Å². The number of hydrogen-bond acceptors (Lipinski definition) is 3. The molecule has 0 bridgehead atoms. The molecule has 1 heterocycles. The summed E-state index contributed by atoms with van der Waals surface area (Å²) in [5, 5.41) is 3.29. The molecule has 2 aromatic rings. The number of ether oxygens (including phenoxy) is 1. The van der Waals surface area contributed by atoms with Crippen molar-refractivity contribution in [1.82, 2.24) is 14.9 Å². The van der Waals surface area contributed by atoms with Gasteiger partial charge in [0.2, 0.25) is 0 Å². The summed E-state index contributed by atoms with van der Waals surface area (Å²) in [6.07, 6.45) is 4.87. The maximum atomic E-state index is 5.59. The fourth-order valence-corrected chi connectivity index (χ4v) is 2.04. The highest BCUT2D eigenvalue weighted by Gasteiger charge is 2.14. The lowest BCUT2D eigenvalue weighted by Crippen LogP contribution is -2.18. The highest BCUT2D eigenvalue weighted by molar-refractivity contribution is 5.32. The van der Waals surface area contributed by atoms with Gasteiger partial charge in [-0.2, -0.15) is 0 Å². The van der Waals surface area contributed by atoms with Crippen molar-refractivity contribution in [3.05, 3.63) is 48.0 Å². The quantitative estimate of drug-likeness (QED) is 0.866. The Morgan fingerprint density at radius 2 is 2.05 bits per heavy atom. The first kappa shape index (κ1) is 13.6. The second-order valence-corrected chi connectivity index (χ2v) is 4.60. The zero-order valence-electron chi connectivity index (χ0n) is 11.8. The number of aromatic nitrogens is 2. The van der Waals surface area contributed by atoms with Crippen molar-refractivity contribution in [2.75, 3.05) is 13.7 Å². The number of imidazole rings is 1.